The van der Waals surface area contributed by atoms with Gasteiger partial charge in [0, 0.05) is 5.56 Å². The number of carboxylic acid groups (broad SMARTS) is 1. The predicted molar refractivity (Wildman–Crippen MR) is 66.3 cm³/mol. The Labute approximate surface area is 102 Å². The Bertz CT molecular complexity index is 403. The van der Waals surface area contributed by atoms with Crippen LogP contribution in [0, 0.1) is 0 Å². The van der Waals surface area contributed by atoms with Crippen LogP contribution in [-0.2, 0) is 10.3 Å². The van der Waals surface area contributed by atoms with Crippen LogP contribution in [0.1, 0.15) is 18.9 Å². The fraction of sp³-hybridized carbons (Fsp3) is 0.462. The first-order valence-corrected chi connectivity index (χ1v) is 5.44. The molecule has 0 aliphatic carbocycles. The Hall–Kier alpha value is -1.55. The van der Waals surface area contributed by atoms with Gasteiger partial charge in [-0.3, -0.25) is 9.69 Å². The largest absolute Gasteiger partial charge is 0.496 e. The fourth-order valence-corrected chi connectivity index (χ4v) is 1.88. The molecule has 1 atom stereocenters. The maximum Gasteiger partial charge on any atom is 0.305 e. The standard InChI is InChI=1S/C13H19NO3/c1-13(14(2)3,9-12(15)16)10-7-5-6-8-11(10)17-4/h5-8H,9H2,1-4H3,(H,15,16). The summed E-state index contributed by atoms with van der Waals surface area (Å²) in [5.74, 6) is -0.114. The molecule has 1 rings (SSSR count). The summed E-state index contributed by atoms with van der Waals surface area (Å²) in [7, 11) is 5.33. The lowest BCUT2D eigenvalue weighted by Crippen LogP contribution is -2.40. The number of rotatable bonds is 5. The van der Waals surface area contributed by atoms with Crippen molar-refractivity contribution in [2.45, 2.75) is 18.9 Å². The minimum Gasteiger partial charge on any atom is -0.496 e. The smallest absolute Gasteiger partial charge is 0.305 e. The maximum atomic E-state index is 11.0. The Morgan fingerprint density at radius 1 is 1.41 bits per heavy atom. The number of ether oxygens (including phenoxy) is 1. The molecule has 0 radical (unpaired) electrons. The van der Waals surface area contributed by atoms with Gasteiger partial charge in [0.2, 0.25) is 0 Å². The Kier molecular flexibility index (Phi) is 4.12. The van der Waals surface area contributed by atoms with Crippen molar-refractivity contribution in [3.63, 3.8) is 0 Å². The van der Waals surface area contributed by atoms with Gasteiger partial charge in [0.1, 0.15) is 5.75 Å². The van der Waals surface area contributed by atoms with E-state index in [2.05, 4.69) is 0 Å². The normalized spacial score (nSPS) is 14.4. The zero-order chi connectivity index (χ0) is 13.1. The maximum absolute atomic E-state index is 11.0. The predicted octanol–water partition coefficient (Wildman–Crippen LogP) is 1.95. The number of methoxy groups -OCH3 is 1. The van der Waals surface area contributed by atoms with Crippen molar-refractivity contribution in [3.05, 3.63) is 29.8 Å². The molecular weight excluding hydrogens is 218 g/mol. The molecule has 1 unspecified atom stereocenters. The average Bonchev–Trinajstić information content (AvgIpc) is 2.27. The highest BCUT2D eigenvalue weighted by Gasteiger charge is 2.34. The number of aliphatic carboxylic acids is 1. The van der Waals surface area contributed by atoms with E-state index in [1.54, 1.807) is 7.11 Å². The van der Waals surface area contributed by atoms with E-state index in [1.807, 2.05) is 50.2 Å². The summed E-state index contributed by atoms with van der Waals surface area (Å²) in [5.41, 5.74) is 0.299. The number of carboxylic acids is 1. The average molecular weight is 237 g/mol. The van der Waals surface area contributed by atoms with Crippen molar-refractivity contribution in [1.29, 1.82) is 0 Å². The number of nitrogens with zero attached hydrogens (tertiary/aromatic N) is 1. The van der Waals surface area contributed by atoms with Gasteiger partial charge in [-0.1, -0.05) is 18.2 Å². The molecule has 0 spiro atoms. The van der Waals surface area contributed by atoms with Crippen molar-refractivity contribution in [2.24, 2.45) is 0 Å². The molecular formula is C13H19NO3. The highest BCUT2D eigenvalue weighted by molar-refractivity contribution is 5.69. The topological polar surface area (TPSA) is 49.8 Å². The van der Waals surface area contributed by atoms with Crippen molar-refractivity contribution in [3.8, 4) is 5.75 Å². The molecule has 0 amide bonds. The summed E-state index contributed by atoms with van der Waals surface area (Å²) in [6.07, 6.45) is 0.0281. The van der Waals surface area contributed by atoms with Crippen molar-refractivity contribution < 1.29 is 14.6 Å². The number of benzene rings is 1. The fourth-order valence-electron chi connectivity index (χ4n) is 1.88. The molecule has 0 heterocycles. The van der Waals surface area contributed by atoms with Crippen LogP contribution in [0.25, 0.3) is 0 Å². The molecule has 0 bridgehead atoms. The highest BCUT2D eigenvalue weighted by atomic mass is 16.5. The zero-order valence-corrected chi connectivity index (χ0v) is 10.7. The van der Waals surface area contributed by atoms with Gasteiger partial charge in [-0.15, -0.1) is 0 Å². The van der Waals surface area contributed by atoms with Crippen LogP contribution in [0.2, 0.25) is 0 Å². The first-order valence-electron chi connectivity index (χ1n) is 5.44. The minimum absolute atomic E-state index is 0.0281. The Morgan fingerprint density at radius 3 is 2.47 bits per heavy atom. The summed E-state index contributed by atoms with van der Waals surface area (Å²) in [6.45, 7) is 1.90. The van der Waals surface area contributed by atoms with Crippen molar-refractivity contribution in [1.82, 2.24) is 4.90 Å². The lowest BCUT2D eigenvalue weighted by Gasteiger charge is -2.36. The molecule has 1 N–H and O–H groups in total. The van der Waals surface area contributed by atoms with Crippen molar-refractivity contribution in [2.75, 3.05) is 21.2 Å². The monoisotopic (exact) mass is 237 g/mol. The molecule has 17 heavy (non-hydrogen) atoms. The summed E-state index contributed by atoms with van der Waals surface area (Å²) >= 11 is 0. The van der Waals surface area contributed by atoms with Crippen LogP contribution in [0.3, 0.4) is 0 Å². The van der Waals surface area contributed by atoms with Crippen LogP contribution in [0.15, 0.2) is 24.3 Å². The zero-order valence-electron chi connectivity index (χ0n) is 10.7. The Morgan fingerprint density at radius 2 is 2.00 bits per heavy atom. The third kappa shape index (κ3) is 2.77. The van der Waals surface area contributed by atoms with E-state index in [-0.39, 0.29) is 6.42 Å². The molecule has 1 aromatic carbocycles. The number of hydrogen-bond donors (Lipinski definition) is 1. The molecule has 4 nitrogen and oxygen atoms in total. The first kappa shape index (κ1) is 13.5. The third-order valence-corrected chi connectivity index (χ3v) is 3.17. The van der Waals surface area contributed by atoms with E-state index in [4.69, 9.17) is 9.84 Å². The molecule has 0 aliphatic heterocycles. The summed E-state index contributed by atoms with van der Waals surface area (Å²) < 4.78 is 5.30. The van der Waals surface area contributed by atoms with E-state index >= 15 is 0 Å². The summed E-state index contributed by atoms with van der Waals surface area (Å²) in [5, 5.41) is 9.06. The van der Waals surface area contributed by atoms with Gasteiger partial charge < -0.3 is 9.84 Å². The van der Waals surface area contributed by atoms with Gasteiger partial charge in [-0.25, -0.2) is 0 Å². The van der Waals surface area contributed by atoms with Gasteiger partial charge >= 0.3 is 5.97 Å². The lowest BCUT2D eigenvalue weighted by molar-refractivity contribution is -0.140. The molecule has 0 fully saturated rings. The first-order chi connectivity index (χ1) is 7.91. The SMILES string of the molecule is COc1ccccc1C(C)(CC(=O)O)N(C)C. The van der Waals surface area contributed by atoms with Crippen LogP contribution in [0.5, 0.6) is 5.75 Å². The second-order valence-corrected chi connectivity index (χ2v) is 4.44. The number of hydrogen-bond acceptors (Lipinski definition) is 3. The summed E-state index contributed by atoms with van der Waals surface area (Å²) in [4.78, 5) is 12.9. The van der Waals surface area contributed by atoms with Gasteiger partial charge in [-0.2, -0.15) is 0 Å². The minimum atomic E-state index is -0.827. The van der Waals surface area contributed by atoms with E-state index in [9.17, 15) is 4.79 Å². The van der Waals surface area contributed by atoms with E-state index in [1.165, 1.54) is 0 Å². The van der Waals surface area contributed by atoms with Crippen LogP contribution in [0.4, 0.5) is 0 Å². The van der Waals surface area contributed by atoms with Gasteiger partial charge in [0.25, 0.3) is 0 Å². The van der Waals surface area contributed by atoms with Crippen LogP contribution < -0.4 is 4.74 Å². The van der Waals surface area contributed by atoms with Crippen LogP contribution in [-0.4, -0.2) is 37.2 Å². The van der Waals surface area contributed by atoms with Crippen LogP contribution >= 0.6 is 0 Å². The second-order valence-electron chi connectivity index (χ2n) is 4.44. The molecule has 94 valence electrons. The Balaban J connectivity index is 3.26. The second kappa shape index (κ2) is 5.19. The number of carbonyl (C=O) groups is 1. The van der Waals surface area contributed by atoms with E-state index < -0.39 is 11.5 Å². The molecule has 0 saturated heterocycles. The van der Waals surface area contributed by atoms with E-state index in [0.717, 1.165) is 5.56 Å². The molecule has 0 aromatic heterocycles. The van der Waals surface area contributed by atoms with Gasteiger partial charge in [-0.05, 0) is 27.1 Å². The summed E-state index contributed by atoms with van der Waals surface area (Å²) in [6, 6.07) is 7.52. The molecule has 4 heteroatoms. The molecule has 0 aliphatic rings. The quantitative estimate of drug-likeness (QED) is 0.850. The highest BCUT2D eigenvalue weighted by Crippen LogP contribution is 2.35. The lowest BCUT2D eigenvalue weighted by atomic mass is 9.86. The molecule has 1 aromatic rings. The molecule has 0 saturated carbocycles. The number of para-hydroxylation sites is 1. The van der Waals surface area contributed by atoms with Gasteiger partial charge in [0.05, 0.1) is 19.1 Å². The third-order valence-electron chi connectivity index (χ3n) is 3.17. The van der Waals surface area contributed by atoms with Crippen molar-refractivity contribution >= 4 is 5.97 Å². The van der Waals surface area contributed by atoms with Gasteiger partial charge in [0.15, 0.2) is 0 Å². The van der Waals surface area contributed by atoms with E-state index in [0.29, 0.717) is 5.75 Å².